The molecule has 1 N–H and O–H groups in total. The van der Waals surface area contributed by atoms with Crippen molar-refractivity contribution in [2.24, 2.45) is 5.41 Å². The zero-order valence-corrected chi connectivity index (χ0v) is 13.5. The highest BCUT2D eigenvalue weighted by Gasteiger charge is 2.40. The summed E-state index contributed by atoms with van der Waals surface area (Å²) < 4.78 is 0. The molecule has 1 atom stereocenters. The van der Waals surface area contributed by atoms with E-state index in [1.807, 2.05) is 0 Å². The molecule has 108 valence electrons. The minimum atomic E-state index is 0.387. The van der Waals surface area contributed by atoms with Crippen LogP contribution in [0.15, 0.2) is 0 Å². The number of nitrogens with one attached hydrogen (secondary N) is 1. The summed E-state index contributed by atoms with van der Waals surface area (Å²) in [4.78, 5) is 2.50. The second kappa shape index (κ2) is 6.38. The monoisotopic (exact) mass is 254 g/mol. The van der Waals surface area contributed by atoms with Gasteiger partial charge < -0.3 is 10.2 Å². The molecule has 1 saturated carbocycles. The van der Waals surface area contributed by atoms with Crippen LogP contribution >= 0.6 is 0 Å². The molecule has 2 heteroatoms. The fourth-order valence-corrected chi connectivity index (χ4v) is 3.53. The summed E-state index contributed by atoms with van der Waals surface area (Å²) in [5.74, 6) is 0. The molecule has 0 saturated heterocycles. The highest BCUT2D eigenvalue weighted by Crippen LogP contribution is 2.37. The summed E-state index contributed by atoms with van der Waals surface area (Å²) in [6.45, 7) is 7.05. The number of nitrogens with zero attached hydrogens (tertiary/aromatic N) is 1. The Hall–Kier alpha value is -0.0800. The fourth-order valence-electron chi connectivity index (χ4n) is 3.53. The van der Waals surface area contributed by atoms with Crippen LogP contribution in [0.3, 0.4) is 0 Å². The van der Waals surface area contributed by atoms with Crippen LogP contribution in [0, 0.1) is 5.41 Å². The average Bonchev–Trinajstić information content (AvgIpc) is 2.29. The van der Waals surface area contributed by atoms with Crippen LogP contribution in [0.4, 0.5) is 0 Å². The van der Waals surface area contributed by atoms with Gasteiger partial charge in [0, 0.05) is 11.6 Å². The third kappa shape index (κ3) is 3.96. The number of hydrogen-bond acceptors (Lipinski definition) is 2. The number of hydrogen-bond donors (Lipinski definition) is 1. The third-order valence-corrected chi connectivity index (χ3v) is 4.79. The molecule has 1 rings (SSSR count). The normalized spacial score (nSPS) is 22.2. The second-order valence-corrected chi connectivity index (χ2v) is 7.50. The van der Waals surface area contributed by atoms with Gasteiger partial charge in [-0.25, -0.2) is 0 Å². The van der Waals surface area contributed by atoms with Crippen LogP contribution in [-0.4, -0.2) is 37.6 Å². The van der Waals surface area contributed by atoms with Crippen molar-refractivity contribution in [1.82, 2.24) is 10.2 Å². The molecule has 0 radical (unpaired) electrons. The first-order valence-corrected chi connectivity index (χ1v) is 7.66. The molecule has 1 unspecified atom stereocenters. The maximum Gasteiger partial charge on any atom is 0.0356 e. The molecule has 0 amide bonds. The molecule has 1 aliphatic carbocycles. The van der Waals surface area contributed by atoms with Crippen LogP contribution in [0.1, 0.15) is 65.7 Å². The van der Waals surface area contributed by atoms with Gasteiger partial charge in [-0.2, -0.15) is 0 Å². The molecule has 18 heavy (non-hydrogen) atoms. The first kappa shape index (κ1) is 16.0. The van der Waals surface area contributed by atoms with Crippen LogP contribution in [0.5, 0.6) is 0 Å². The van der Waals surface area contributed by atoms with Gasteiger partial charge in [0.2, 0.25) is 0 Å². The molecule has 0 spiro atoms. The van der Waals surface area contributed by atoms with E-state index >= 15 is 0 Å². The smallest absolute Gasteiger partial charge is 0.0356 e. The fraction of sp³-hybridized carbons (Fsp3) is 1.00. The second-order valence-electron chi connectivity index (χ2n) is 7.50. The molecule has 0 bridgehead atoms. The van der Waals surface area contributed by atoms with Crippen molar-refractivity contribution in [2.75, 3.05) is 21.1 Å². The van der Waals surface area contributed by atoms with E-state index in [1.165, 1.54) is 44.9 Å². The Morgan fingerprint density at radius 1 is 1.11 bits per heavy atom. The van der Waals surface area contributed by atoms with E-state index in [2.05, 4.69) is 52.1 Å². The van der Waals surface area contributed by atoms with Crippen LogP contribution in [0.25, 0.3) is 0 Å². The molecule has 0 aromatic heterocycles. The van der Waals surface area contributed by atoms with E-state index in [0.717, 1.165) is 0 Å². The zero-order valence-electron chi connectivity index (χ0n) is 13.5. The molecular formula is C16H34N2. The minimum absolute atomic E-state index is 0.387. The van der Waals surface area contributed by atoms with E-state index < -0.39 is 0 Å². The van der Waals surface area contributed by atoms with Crippen LogP contribution < -0.4 is 5.32 Å². The predicted molar refractivity (Wildman–Crippen MR) is 81.0 cm³/mol. The molecule has 1 aliphatic rings. The highest BCUT2D eigenvalue weighted by atomic mass is 15.2. The zero-order chi connectivity index (χ0) is 13.8. The summed E-state index contributed by atoms with van der Waals surface area (Å²) in [6, 6.07) is 0.632. The molecule has 0 aliphatic heterocycles. The van der Waals surface area contributed by atoms with Gasteiger partial charge in [-0.3, -0.25) is 0 Å². The Labute approximate surface area is 115 Å². The molecule has 0 heterocycles. The molecule has 2 nitrogen and oxygen atoms in total. The van der Waals surface area contributed by atoms with Crippen molar-refractivity contribution in [3.8, 4) is 0 Å². The Bertz CT molecular complexity index is 234. The van der Waals surface area contributed by atoms with Crippen molar-refractivity contribution in [2.45, 2.75) is 77.3 Å². The first-order chi connectivity index (χ1) is 8.32. The van der Waals surface area contributed by atoms with E-state index in [9.17, 15) is 0 Å². The lowest BCUT2D eigenvalue weighted by molar-refractivity contribution is 0.0520. The lowest BCUT2D eigenvalue weighted by Crippen LogP contribution is -2.59. The summed E-state index contributed by atoms with van der Waals surface area (Å²) >= 11 is 0. The maximum absolute atomic E-state index is 3.62. The van der Waals surface area contributed by atoms with E-state index in [1.54, 1.807) is 0 Å². The lowest BCUT2D eigenvalue weighted by atomic mass is 9.72. The average molecular weight is 254 g/mol. The molecule has 1 fully saturated rings. The van der Waals surface area contributed by atoms with Gasteiger partial charge in [0.25, 0.3) is 0 Å². The van der Waals surface area contributed by atoms with Crippen LogP contribution in [0.2, 0.25) is 0 Å². The summed E-state index contributed by atoms with van der Waals surface area (Å²) in [5.41, 5.74) is 0.829. The topological polar surface area (TPSA) is 15.3 Å². The van der Waals surface area contributed by atoms with Crippen molar-refractivity contribution < 1.29 is 0 Å². The Morgan fingerprint density at radius 3 is 2.06 bits per heavy atom. The van der Waals surface area contributed by atoms with E-state index in [4.69, 9.17) is 0 Å². The molecule has 0 aromatic rings. The SMILES string of the molecule is CNC(CCC(C)(C)C)C1(N(C)C)CCCCC1. The Kier molecular flexibility index (Phi) is 5.67. The maximum atomic E-state index is 3.62. The summed E-state index contributed by atoms with van der Waals surface area (Å²) in [5, 5.41) is 3.62. The number of rotatable bonds is 5. The summed E-state index contributed by atoms with van der Waals surface area (Å²) in [7, 11) is 6.69. The third-order valence-electron chi connectivity index (χ3n) is 4.79. The van der Waals surface area contributed by atoms with Gasteiger partial charge in [-0.15, -0.1) is 0 Å². The van der Waals surface area contributed by atoms with Crippen LogP contribution in [-0.2, 0) is 0 Å². The van der Waals surface area contributed by atoms with Gasteiger partial charge in [-0.1, -0.05) is 40.0 Å². The first-order valence-electron chi connectivity index (χ1n) is 7.66. The largest absolute Gasteiger partial charge is 0.315 e. The molecular weight excluding hydrogens is 220 g/mol. The molecule has 0 aromatic carbocycles. The van der Waals surface area contributed by atoms with Crippen molar-refractivity contribution in [3.05, 3.63) is 0 Å². The number of likely N-dealkylation sites (N-methyl/N-ethyl adjacent to an activating group) is 2. The van der Waals surface area contributed by atoms with E-state index in [0.29, 0.717) is 17.0 Å². The Balaban J connectivity index is 2.74. The Morgan fingerprint density at radius 2 is 1.67 bits per heavy atom. The quantitative estimate of drug-likeness (QED) is 0.805. The van der Waals surface area contributed by atoms with Gasteiger partial charge >= 0.3 is 0 Å². The van der Waals surface area contributed by atoms with Crippen molar-refractivity contribution >= 4 is 0 Å². The van der Waals surface area contributed by atoms with Crippen molar-refractivity contribution in [1.29, 1.82) is 0 Å². The van der Waals surface area contributed by atoms with E-state index in [-0.39, 0.29) is 0 Å². The standard InChI is InChI=1S/C16H34N2/c1-15(2,3)13-10-14(17-4)16(18(5)6)11-8-7-9-12-16/h14,17H,7-13H2,1-6H3. The van der Waals surface area contributed by atoms with Gasteiger partial charge in [0.1, 0.15) is 0 Å². The van der Waals surface area contributed by atoms with Crippen molar-refractivity contribution in [3.63, 3.8) is 0 Å². The van der Waals surface area contributed by atoms with Gasteiger partial charge in [0.05, 0.1) is 0 Å². The van der Waals surface area contributed by atoms with Gasteiger partial charge in [0.15, 0.2) is 0 Å². The highest BCUT2D eigenvalue weighted by molar-refractivity contribution is 5.00. The minimum Gasteiger partial charge on any atom is -0.315 e. The summed E-state index contributed by atoms with van der Waals surface area (Å²) in [6.07, 6.45) is 9.51. The van der Waals surface area contributed by atoms with Gasteiger partial charge in [-0.05, 0) is 52.2 Å². The lowest BCUT2D eigenvalue weighted by Gasteiger charge is -2.49. The predicted octanol–water partition coefficient (Wildman–Crippen LogP) is 3.67.